The number of urea groups is 1. The maximum Gasteiger partial charge on any atom is 0.337 e. The lowest BCUT2D eigenvalue weighted by Crippen LogP contribution is -2.52. The first kappa shape index (κ1) is 23.0. The van der Waals surface area contributed by atoms with Gasteiger partial charge in [0.05, 0.1) is 32.0 Å². The van der Waals surface area contributed by atoms with Gasteiger partial charge >= 0.3 is 12.0 Å². The van der Waals surface area contributed by atoms with Gasteiger partial charge in [-0.05, 0) is 35.4 Å². The fraction of sp³-hybridized carbons (Fsp3) is 0.192. The minimum atomic E-state index is -1.47. The number of ether oxygens (including phenoxy) is 2. The third kappa shape index (κ3) is 3.82. The minimum absolute atomic E-state index is 0.0597. The van der Waals surface area contributed by atoms with Gasteiger partial charge in [0, 0.05) is 23.9 Å². The Balaban J connectivity index is 1.46. The highest BCUT2D eigenvalue weighted by atomic mass is 16.5. The summed E-state index contributed by atoms with van der Waals surface area (Å²) in [5, 5.41) is 5.02. The van der Waals surface area contributed by atoms with Crippen LogP contribution in [0.5, 0.6) is 5.75 Å². The standard InChI is InChI=1S/C26H22N4O6/c1-35-19-8-5-17-13-30(22(31)20(17)12-19)14-26(24(33)28-25(34)29-26)18-6-3-15(4-7-18)21-11-16(9-10-27-21)23(32)36-2/h3-12H,13-14H2,1-2H3,(H2,28,29,33,34). The number of esters is 1. The predicted molar refractivity (Wildman–Crippen MR) is 127 cm³/mol. The van der Waals surface area contributed by atoms with Crippen LogP contribution >= 0.6 is 0 Å². The molecule has 1 saturated heterocycles. The van der Waals surface area contributed by atoms with Crippen molar-refractivity contribution in [1.29, 1.82) is 0 Å². The fourth-order valence-corrected chi connectivity index (χ4v) is 4.54. The Kier molecular flexibility index (Phi) is 5.63. The number of benzene rings is 2. The van der Waals surface area contributed by atoms with Gasteiger partial charge in [-0.1, -0.05) is 30.3 Å². The molecule has 0 bridgehead atoms. The summed E-state index contributed by atoms with van der Waals surface area (Å²) in [5.74, 6) is -0.718. The number of methoxy groups -OCH3 is 2. The van der Waals surface area contributed by atoms with E-state index in [0.717, 1.165) is 5.56 Å². The second-order valence-electron chi connectivity index (χ2n) is 8.50. The smallest absolute Gasteiger partial charge is 0.337 e. The molecule has 0 radical (unpaired) electrons. The molecule has 4 amide bonds. The Labute approximate surface area is 206 Å². The summed E-state index contributed by atoms with van der Waals surface area (Å²) in [5.41, 5.74) is 1.93. The highest BCUT2D eigenvalue weighted by Gasteiger charge is 2.50. The van der Waals surface area contributed by atoms with Crippen molar-refractivity contribution >= 4 is 23.8 Å². The fourth-order valence-electron chi connectivity index (χ4n) is 4.54. The highest BCUT2D eigenvalue weighted by molar-refractivity contribution is 6.08. The average molecular weight is 486 g/mol. The molecular weight excluding hydrogens is 464 g/mol. The Hall–Kier alpha value is -4.73. The number of fused-ring (bicyclic) bond motifs is 1. The van der Waals surface area contributed by atoms with Crippen LogP contribution in [-0.2, 0) is 21.6 Å². The summed E-state index contributed by atoms with van der Waals surface area (Å²) in [6.45, 7) is 0.237. The zero-order chi connectivity index (χ0) is 25.4. The predicted octanol–water partition coefficient (Wildman–Crippen LogP) is 2.23. The van der Waals surface area contributed by atoms with Gasteiger partial charge in [0.1, 0.15) is 5.75 Å². The van der Waals surface area contributed by atoms with Gasteiger partial charge in [0.25, 0.3) is 11.8 Å². The van der Waals surface area contributed by atoms with Gasteiger partial charge in [0.15, 0.2) is 5.54 Å². The van der Waals surface area contributed by atoms with Crippen LogP contribution in [0, 0.1) is 0 Å². The molecule has 2 aromatic carbocycles. The maximum absolute atomic E-state index is 13.1. The van der Waals surface area contributed by atoms with Crippen molar-refractivity contribution < 1.29 is 28.7 Å². The van der Waals surface area contributed by atoms with E-state index in [-0.39, 0.29) is 12.5 Å². The van der Waals surface area contributed by atoms with Crippen molar-refractivity contribution in [2.75, 3.05) is 20.8 Å². The number of imide groups is 1. The molecule has 1 unspecified atom stereocenters. The number of hydrogen-bond donors (Lipinski definition) is 2. The first-order chi connectivity index (χ1) is 17.3. The van der Waals surface area contributed by atoms with Gasteiger partial charge in [-0.25, -0.2) is 9.59 Å². The lowest BCUT2D eigenvalue weighted by molar-refractivity contribution is -0.124. The van der Waals surface area contributed by atoms with Crippen LogP contribution < -0.4 is 15.4 Å². The lowest BCUT2D eigenvalue weighted by atomic mass is 9.88. The second-order valence-corrected chi connectivity index (χ2v) is 8.50. The average Bonchev–Trinajstić information content (AvgIpc) is 3.37. The monoisotopic (exact) mass is 486 g/mol. The van der Waals surface area contributed by atoms with Gasteiger partial charge in [-0.3, -0.25) is 19.9 Å². The van der Waals surface area contributed by atoms with Gasteiger partial charge in [-0.2, -0.15) is 0 Å². The van der Waals surface area contributed by atoms with Crippen LogP contribution in [0.4, 0.5) is 4.79 Å². The Morgan fingerprint density at radius 2 is 1.83 bits per heavy atom. The van der Waals surface area contributed by atoms with Crippen LogP contribution in [0.25, 0.3) is 11.3 Å². The molecule has 10 heteroatoms. The van der Waals surface area contributed by atoms with E-state index in [2.05, 4.69) is 15.6 Å². The Morgan fingerprint density at radius 1 is 1.06 bits per heavy atom. The molecule has 0 saturated carbocycles. The summed E-state index contributed by atoms with van der Waals surface area (Å²) in [4.78, 5) is 56.1. The topological polar surface area (TPSA) is 127 Å². The molecule has 0 aliphatic carbocycles. The van der Waals surface area contributed by atoms with Gasteiger partial charge in [-0.15, -0.1) is 0 Å². The van der Waals surface area contributed by atoms with Crippen LogP contribution in [-0.4, -0.2) is 54.5 Å². The molecule has 0 spiro atoms. The highest BCUT2D eigenvalue weighted by Crippen LogP contribution is 2.33. The molecule has 1 fully saturated rings. The number of nitrogens with one attached hydrogen (secondary N) is 2. The summed E-state index contributed by atoms with van der Waals surface area (Å²) < 4.78 is 10.00. The molecule has 5 rings (SSSR count). The molecule has 182 valence electrons. The first-order valence-electron chi connectivity index (χ1n) is 11.1. The minimum Gasteiger partial charge on any atom is -0.497 e. The summed E-state index contributed by atoms with van der Waals surface area (Å²) >= 11 is 0. The molecule has 1 aromatic heterocycles. The molecule has 2 aliphatic rings. The number of carbonyl (C=O) groups is 4. The van der Waals surface area contributed by atoms with E-state index in [9.17, 15) is 19.2 Å². The van der Waals surface area contributed by atoms with E-state index in [0.29, 0.717) is 40.2 Å². The summed E-state index contributed by atoms with van der Waals surface area (Å²) in [7, 11) is 2.83. The summed E-state index contributed by atoms with van der Waals surface area (Å²) in [6.07, 6.45) is 1.51. The van der Waals surface area contributed by atoms with Crippen molar-refractivity contribution in [1.82, 2.24) is 20.5 Å². The lowest BCUT2D eigenvalue weighted by Gasteiger charge is -2.31. The number of pyridine rings is 1. The van der Waals surface area contributed by atoms with E-state index in [1.807, 2.05) is 6.07 Å². The number of hydrogen-bond acceptors (Lipinski definition) is 7. The van der Waals surface area contributed by atoms with Crippen LogP contribution in [0.2, 0.25) is 0 Å². The number of carbonyl (C=O) groups excluding carboxylic acids is 4. The molecule has 2 N–H and O–H groups in total. The van der Waals surface area contributed by atoms with Gasteiger partial charge < -0.3 is 19.7 Å². The molecule has 10 nitrogen and oxygen atoms in total. The number of amides is 4. The number of rotatable bonds is 6. The van der Waals surface area contributed by atoms with Crippen molar-refractivity contribution in [2.45, 2.75) is 12.1 Å². The largest absolute Gasteiger partial charge is 0.497 e. The number of aromatic nitrogens is 1. The molecule has 3 aromatic rings. The van der Waals surface area contributed by atoms with E-state index < -0.39 is 23.4 Å². The quantitative estimate of drug-likeness (QED) is 0.404. The molecule has 36 heavy (non-hydrogen) atoms. The molecular formula is C26H22N4O6. The van der Waals surface area contributed by atoms with Crippen molar-refractivity contribution in [3.63, 3.8) is 0 Å². The Morgan fingerprint density at radius 3 is 2.50 bits per heavy atom. The van der Waals surface area contributed by atoms with E-state index in [1.54, 1.807) is 48.5 Å². The SMILES string of the molecule is COC(=O)c1ccnc(-c2ccc(C3(CN4Cc5ccc(OC)cc5C4=O)NC(=O)NC3=O)cc2)c1. The third-order valence-electron chi connectivity index (χ3n) is 6.42. The normalized spacial score (nSPS) is 18.5. The zero-order valence-corrected chi connectivity index (χ0v) is 19.5. The maximum atomic E-state index is 13.1. The van der Waals surface area contributed by atoms with Crippen LogP contribution in [0.3, 0.4) is 0 Å². The zero-order valence-electron chi connectivity index (χ0n) is 19.5. The van der Waals surface area contributed by atoms with E-state index >= 15 is 0 Å². The van der Waals surface area contributed by atoms with E-state index in [4.69, 9.17) is 9.47 Å². The van der Waals surface area contributed by atoms with Crippen LogP contribution in [0.15, 0.2) is 60.8 Å². The molecule has 2 aliphatic heterocycles. The molecule has 3 heterocycles. The van der Waals surface area contributed by atoms with Crippen molar-refractivity contribution in [2.24, 2.45) is 0 Å². The Bertz CT molecular complexity index is 1400. The van der Waals surface area contributed by atoms with Gasteiger partial charge in [0.2, 0.25) is 0 Å². The summed E-state index contributed by atoms with van der Waals surface area (Å²) in [6, 6.07) is 14.7. The first-order valence-corrected chi connectivity index (χ1v) is 11.1. The van der Waals surface area contributed by atoms with Crippen molar-refractivity contribution in [3.05, 3.63) is 83.0 Å². The third-order valence-corrected chi connectivity index (χ3v) is 6.42. The second kappa shape index (κ2) is 8.81. The van der Waals surface area contributed by atoms with Crippen molar-refractivity contribution in [3.8, 4) is 17.0 Å². The number of nitrogens with zero attached hydrogens (tertiary/aromatic N) is 2. The molecule has 1 atom stereocenters. The van der Waals surface area contributed by atoms with Crippen LogP contribution in [0.1, 0.15) is 31.8 Å². The van der Waals surface area contributed by atoms with E-state index in [1.165, 1.54) is 25.3 Å².